The first-order valence-electron chi connectivity index (χ1n) is 7.84. The van der Waals surface area contributed by atoms with E-state index < -0.39 is 12.1 Å². The molecule has 0 bridgehead atoms. The summed E-state index contributed by atoms with van der Waals surface area (Å²) in [6.45, 7) is 2.48. The van der Waals surface area contributed by atoms with Crippen LogP contribution >= 0.6 is 0 Å². The molecule has 1 amide bonds. The predicted octanol–water partition coefficient (Wildman–Crippen LogP) is 4.31. The van der Waals surface area contributed by atoms with Crippen LogP contribution in [0.15, 0.2) is 60.7 Å². The fraction of sp³-hybridized carbons (Fsp3) is 0.250. The van der Waals surface area contributed by atoms with Crippen LogP contribution in [0.25, 0.3) is 0 Å². The average molecular weight is 307 g/mol. The Balaban J connectivity index is 2.10. The molecule has 1 unspecified atom stereocenters. The Kier molecular flexibility index (Phi) is 6.74. The highest BCUT2D eigenvalue weighted by Gasteiger charge is 2.12. The third-order valence-corrected chi connectivity index (χ3v) is 3.26. The second-order valence-corrected chi connectivity index (χ2v) is 5.11. The van der Waals surface area contributed by atoms with Gasteiger partial charge in [0.2, 0.25) is 0 Å². The second kappa shape index (κ2) is 9.32. The van der Waals surface area contributed by atoms with E-state index in [4.69, 9.17) is 4.74 Å². The van der Waals surface area contributed by atoms with Gasteiger partial charge in [0.1, 0.15) is 6.04 Å². The molecule has 2 aromatic rings. The smallest absolute Gasteiger partial charge is 0.408 e. The highest BCUT2D eigenvalue weighted by Crippen LogP contribution is 2.12. The Hall–Kier alpha value is -2.73. The zero-order valence-corrected chi connectivity index (χ0v) is 13.3. The molecule has 0 aliphatic rings. The summed E-state index contributed by atoms with van der Waals surface area (Å²) >= 11 is 0. The van der Waals surface area contributed by atoms with E-state index in [1.54, 1.807) is 0 Å². The molecule has 118 valence electrons. The molecule has 0 aliphatic heterocycles. The van der Waals surface area contributed by atoms with Crippen LogP contribution in [0.4, 0.5) is 4.79 Å². The first-order valence-corrected chi connectivity index (χ1v) is 7.84. The van der Waals surface area contributed by atoms with E-state index >= 15 is 0 Å². The highest BCUT2D eigenvalue weighted by molar-refractivity contribution is 5.68. The van der Waals surface area contributed by atoms with E-state index in [1.165, 1.54) is 0 Å². The monoisotopic (exact) mass is 307 g/mol. The third-order valence-electron chi connectivity index (χ3n) is 3.26. The summed E-state index contributed by atoms with van der Waals surface area (Å²) in [5.74, 6) is 6.21. The Bertz CT molecular complexity index is 656. The van der Waals surface area contributed by atoms with Crippen molar-refractivity contribution in [3.05, 3.63) is 71.8 Å². The summed E-state index contributed by atoms with van der Waals surface area (Å²) in [6, 6.07) is 19.0. The highest BCUT2D eigenvalue weighted by atomic mass is 16.5. The number of carbonyl (C=O) groups is 1. The minimum Gasteiger partial charge on any atom is -0.450 e. The average Bonchev–Trinajstić information content (AvgIpc) is 2.60. The van der Waals surface area contributed by atoms with Crippen LogP contribution in [0.2, 0.25) is 0 Å². The fourth-order valence-corrected chi connectivity index (χ4v) is 1.99. The van der Waals surface area contributed by atoms with Gasteiger partial charge in [-0.15, -0.1) is 0 Å². The van der Waals surface area contributed by atoms with E-state index in [1.807, 2.05) is 60.7 Å². The zero-order chi connectivity index (χ0) is 16.3. The van der Waals surface area contributed by atoms with Crippen LogP contribution in [0, 0.1) is 11.8 Å². The fourth-order valence-electron chi connectivity index (χ4n) is 1.99. The van der Waals surface area contributed by atoms with Crippen LogP contribution in [-0.4, -0.2) is 12.7 Å². The summed E-state index contributed by atoms with van der Waals surface area (Å²) in [7, 11) is 0. The van der Waals surface area contributed by atoms with Gasteiger partial charge in [0, 0.05) is 5.56 Å². The molecular weight excluding hydrogens is 286 g/mol. The summed E-state index contributed by atoms with van der Waals surface area (Å²) in [5, 5.41) is 2.83. The predicted molar refractivity (Wildman–Crippen MR) is 91.9 cm³/mol. The maximum Gasteiger partial charge on any atom is 0.408 e. The minimum absolute atomic E-state index is 0.398. The van der Waals surface area contributed by atoms with Crippen molar-refractivity contribution in [3.8, 4) is 11.8 Å². The van der Waals surface area contributed by atoms with Crippen molar-refractivity contribution in [2.45, 2.75) is 25.8 Å². The molecule has 0 heterocycles. The van der Waals surface area contributed by atoms with Crippen molar-refractivity contribution >= 4 is 6.09 Å². The molecule has 2 aromatic carbocycles. The Labute approximate surface area is 137 Å². The quantitative estimate of drug-likeness (QED) is 0.660. The Morgan fingerprint density at radius 2 is 1.74 bits per heavy atom. The summed E-state index contributed by atoms with van der Waals surface area (Å²) in [6.07, 6.45) is 1.41. The SMILES string of the molecule is CCCCOC(=O)NC(C#Cc1ccccc1)c1ccccc1. The van der Waals surface area contributed by atoms with E-state index in [0.717, 1.165) is 24.0 Å². The number of rotatable bonds is 5. The normalized spacial score (nSPS) is 11.0. The summed E-state index contributed by atoms with van der Waals surface area (Å²) < 4.78 is 5.17. The minimum atomic E-state index is -0.435. The first-order chi connectivity index (χ1) is 11.3. The molecule has 1 N–H and O–H groups in total. The standard InChI is InChI=1S/C20H21NO2/c1-2-3-16-23-20(22)21-19(18-12-8-5-9-13-18)15-14-17-10-6-4-7-11-17/h4-13,19H,2-3,16H2,1H3,(H,21,22). The molecule has 3 nitrogen and oxygen atoms in total. The maximum absolute atomic E-state index is 11.9. The van der Waals surface area contributed by atoms with Crippen LogP contribution < -0.4 is 5.32 Å². The molecule has 0 aromatic heterocycles. The number of amides is 1. The van der Waals surface area contributed by atoms with Gasteiger partial charge in [-0.1, -0.05) is 73.7 Å². The number of hydrogen-bond donors (Lipinski definition) is 1. The van der Waals surface area contributed by atoms with Gasteiger partial charge in [-0.3, -0.25) is 0 Å². The van der Waals surface area contributed by atoms with Gasteiger partial charge in [-0.25, -0.2) is 4.79 Å². The van der Waals surface area contributed by atoms with Crippen molar-refractivity contribution < 1.29 is 9.53 Å². The summed E-state index contributed by atoms with van der Waals surface area (Å²) in [4.78, 5) is 11.9. The van der Waals surface area contributed by atoms with Gasteiger partial charge in [0.15, 0.2) is 0 Å². The molecule has 3 heteroatoms. The molecule has 0 fully saturated rings. The molecular formula is C20H21NO2. The Morgan fingerprint density at radius 1 is 1.09 bits per heavy atom. The lowest BCUT2D eigenvalue weighted by Gasteiger charge is -2.13. The summed E-state index contributed by atoms with van der Waals surface area (Å²) in [5.41, 5.74) is 1.85. The van der Waals surface area contributed by atoms with Gasteiger partial charge < -0.3 is 10.1 Å². The molecule has 1 atom stereocenters. The van der Waals surface area contributed by atoms with Crippen molar-refractivity contribution in [1.29, 1.82) is 0 Å². The number of carbonyl (C=O) groups excluding carboxylic acids is 1. The van der Waals surface area contributed by atoms with Gasteiger partial charge in [-0.05, 0) is 24.1 Å². The van der Waals surface area contributed by atoms with Crippen LogP contribution in [-0.2, 0) is 4.74 Å². The van der Waals surface area contributed by atoms with Crippen molar-refractivity contribution in [2.75, 3.05) is 6.61 Å². The van der Waals surface area contributed by atoms with Gasteiger partial charge >= 0.3 is 6.09 Å². The molecule has 0 aliphatic carbocycles. The number of benzene rings is 2. The molecule has 0 spiro atoms. The van der Waals surface area contributed by atoms with E-state index in [0.29, 0.717) is 6.61 Å². The number of alkyl carbamates (subject to hydrolysis) is 1. The zero-order valence-electron chi connectivity index (χ0n) is 13.3. The van der Waals surface area contributed by atoms with Crippen molar-refractivity contribution in [3.63, 3.8) is 0 Å². The topological polar surface area (TPSA) is 38.3 Å². The van der Waals surface area contributed by atoms with Crippen LogP contribution in [0.5, 0.6) is 0 Å². The van der Waals surface area contributed by atoms with Gasteiger partial charge in [-0.2, -0.15) is 0 Å². The number of ether oxygens (including phenoxy) is 1. The second-order valence-electron chi connectivity index (χ2n) is 5.11. The molecule has 2 rings (SSSR count). The van der Waals surface area contributed by atoms with Gasteiger partial charge in [0.25, 0.3) is 0 Å². The van der Waals surface area contributed by atoms with Crippen molar-refractivity contribution in [1.82, 2.24) is 5.32 Å². The first kappa shape index (κ1) is 16.6. The lowest BCUT2D eigenvalue weighted by molar-refractivity contribution is 0.142. The van der Waals surface area contributed by atoms with E-state index in [-0.39, 0.29) is 0 Å². The van der Waals surface area contributed by atoms with Gasteiger partial charge in [0.05, 0.1) is 6.61 Å². The number of unbranched alkanes of at least 4 members (excludes halogenated alkanes) is 1. The van der Waals surface area contributed by atoms with Crippen LogP contribution in [0.1, 0.15) is 36.9 Å². The lowest BCUT2D eigenvalue weighted by atomic mass is 10.1. The maximum atomic E-state index is 11.9. The molecule has 0 radical (unpaired) electrons. The van der Waals surface area contributed by atoms with Crippen molar-refractivity contribution in [2.24, 2.45) is 0 Å². The van der Waals surface area contributed by atoms with Crippen LogP contribution in [0.3, 0.4) is 0 Å². The molecule has 0 saturated heterocycles. The van der Waals surface area contributed by atoms with E-state index in [2.05, 4.69) is 24.1 Å². The third kappa shape index (κ3) is 5.88. The number of hydrogen-bond acceptors (Lipinski definition) is 2. The molecule has 0 saturated carbocycles. The van der Waals surface area contributed by atoms with E-state index in [9.17, 15) is 4.79 Å². The lowest BCUT2D eigenvalue weighted by Crippen LogP contribution is -2.28. The number of nitrogens with one attached hydrogen (secondary N) is 1. The molecule has 23 heavy (non-hydrogen) atoms. The Morgan fingerprint density at radius 3 is 2.39 bits per heavy atom. The largest absolute Gasteiger partial charge is 0.450 e.